The van der Waals surface area contributed by atoms with Gasteiger partial charge in [-0.05, 0) is 37.3 Å². The number of morpholine rings is 1. The number of aromatic nitrogens is 1. The Kier molecular flexibility index (Phi) is 7.25. The van der Waals surface area contributed by atoms with Crippen molar-refractivity contribution in [3.8, 4) is 0 Å². The minimum atomic E-state index is 0.138. The summed E-state index contributed by atoms with van der Waals surface area (Å²) < 4.78 is 6.38. The van der Waals surface area contributed by atoms with E-state index in [0.29, 0.717) is 24.2 Å². The second-order valence-corrected chi connectivity index (χ2v) is 8.40. The van der Waals surface area contributed by atoms with E-state index >= 15 is 0 Å². The number of rotatable bonds is 6. The van der Waals surface area contributed by atoms with Crippen molar-refractivity contribution in [1.29, 1.82) is 0 Å². The third-order valence-corrected chi connectivity index (χ3v) is 6.04. The van der Waals surface area contributed by atoms with E-state index < -0.39 is 0 Å². The molecule has 2 aliphatic rings. The number of likely N-dealkylation sites (tertiary alicyclic amines) is 1. The predicted octanol–water partition coefficient (Wildman–Crippen LogP) is 3.60. The molecule has 2 saturated heterocycles. The van der Waals surface area contributed by atoms with Gasteiger partial charge in [-0.1, -0.05) is 33.6 Å². The van der Waals surface area contributed by atoms with Crippen LogP contribution in [0.5, 0.6) is 0 Å². The number of pyridine rings is 1. The number of hydrogen-bond acceptors (Lipinski definition) is 4. The number of nitrogens with zero attached hydrogens (tertiary/aromatic N) is 3. The molecule has 2 atom stereocenters. The standard InChI is InChI=1S/C22H35N3O2/c1-4-5-6-20-15-25(16-21(27-20)17(2)3)19-9-13-24(14-10-19)22(26)18-7-11-23-12-8-18/h7-8,11-12,17,19-21H,4-6,9-10,13-16H2,1-3H3/t20-,21-/m1/s1. The first-order chi connectivity index (χ1) is 13.1. The molecule has 150 valence electrons. The van der Waals surface area contributed by atoms with Crippen molar-refractivity contribution in [2.24, 2.45) is 5.92 Å². The Bertz CT molecular complexity index is 584. The van der Waals surface area contributed by atoms with Crippen LogP contribution in [-0.4, -0.2) is 65.1 Å². The van der Waals surface area contributed by atoms with Crippen molar-refractivity contribution in [1.82, 2.24) is 14.8 Å². The molecule has 27 heavy (non-hydrogen) atoms. The van der Waals surface area contributed by atoms with E-state index in [0.717, 1.165) is 51.0 Å². The molecule has 2 aliphatic heterocycles. The van der Waals surface area contributed by atoms with Crippen molar-refractivity contribution in [2.75, 3.05) is 26.2 Å². The van der Waals surface area contributed by atoms with Crippen molar-refractivity contribution in [2.45, 2.75) is 71.1 Å². The predicted molar refractivity (Wildman–Crippen MR) is 108 cm³/mol. The average Bonchev–Trinajstić information content (AvgIpc) is 2.72. The Morgan fingerprint density at radius 2 is 1.93 bits per heavy atom. The quantitative estimate of drug-likeness (QED) is 0.764. The third-order valence-electron chi connectivity index (χ3n) is 6.04. The maximum absolute atomic E-state index is 12.7. The zero-order chi connectivity index (χ0) is 19.2. The van der Waals surface area contributed by atoms with Gasteiger partial charge in [0.05, 0.1) is 12.2 Å². The van der Waals surface area contributed by atoms with E-state index in [-0.39, 0.29) is 5.91 Å². The van der Waals surface area contributed by atoms with E-state index in [1.807, 2.05) is 17.0 Å². The smallest absolute Gasteiger partial charge is 0.253 e. The molecule has 1 aromatic heterocycles. The van der Waals surface area contributed by atoms with Crippen LogP contribution < -0.4 is 0 Å². The van der Waals surface area contributed by atoms with Crippen molar-refractivity contribution < 1.29 is 9.53 Å². The van der Waals surface area contributed by atoms with E-state index in [1.54, 1.807) is 12.4 Å². The van der Waals surface area contributed by atoms with Crippen LogP contribution in [0.2, 0.25) is 0 Å². The second kappa shape index (κ2) is 9.65. The SMILES string of the molecule is CCCC[C@@H]1CN(C2CCN(C(=O)c3ccncc3)CC2)C[C@H](C(C)C)O1. The van der Waals surface area contributed by atoms with E-state index in [2.05, 4.69) is 30.7 Å². The Hall–Kier alpha value is -1.46. The molecule has 1 aromatic rings. The van der Waals surface area contributed by atoms with E-state index in [1.165, 1.54) is 12.8 Å². The van der Waals surface area contributed by atoms with Crippen LogP contribution in [0.3, 0.4) is 0 Å². The van der Waals surface area contributed by atoms with Gasteiger partial charge in [0.25, 0.3) is 5.91 Å². The van der Waals surface area contributed by atoms with Gasteiger partial charge in [0.15, 0.2) is 0 Å². The molecule has 0 unspecified atom stereocenters. The Morgan fingerprint density at radius 3 is 2.56 bits per heavy atom. The minimum absolute atomic E-state index is 0.138. The molecule has 0 radical (unpaired) electrons. The van der Waals surface area contributed by atoms with Crippen LogP contribution in [0.15, 0.2) is 24.5 Å². The van der Waals surface area contributed by atoms with Gasteiger partial charge in [0.2, 0.25) is 0 Å². The number of unbranched alkanes of at least 4 members (excludes halogenated alkanes) is 1. The fourth-order valence-corrected chi connectivity index (χ4v) is 4.27. The van der Waals surface area contributed by atoms with Crippen LogP contribution >= 0.6 is 0 Å². The molecule has 1 amide bonds. The minimum Gasteiger partial charge on any atom is -0.372 e. The summed E-state index contributed by atoms with van der Waals surface area (Å²) in [7, 11) is 0. The summed E-state index contributed by atoms with van der Waals surface area (Å²) in [5.74, 6) is 0.684. The third kappa shape index (κ3) is 5.29. The maximum Gasteiger partial charge on any atom is 0.253 e. The fraction of sp³-hybridized carbons (Fsp3) is 0.727. The Morgan fingerprint density at radius 1 is 1.22 bits per heavy atom. The molecule has 0 N–H and O–H groups in total. The molecule has 0 aliphatic carbocycles. The number of hydrogen-bond donors (Lipinski definition) is 0. The van der Waals surface area contributed by atoms with Crippen molar-refractivity contribution in [3.63, 3.8) is 0 Å². The summed E-state index contributed by atoms with van der Waals surface area (Å²) in [4.78, 5) is 21.3. The van der Waals surface area contributed by atoms with Gasteiger partial charge in [-0.15, -0.1) is 0 Å². The molecular formula is C22H35N3O2. The van der Waals surface area contributed by atoms with Gasteiger partial charge in [-0.3, -0.25) is 14.7 Å². The van der Waals surface area contributed by atoms with Crippen LogP contribution in [0.25, 0.3) is 0 Å². The summed E-state index contributed by atoms with van der Waals surface area (Å²) in [6.07, 6.45) is 9.82. The zero-order valence-corrected chi connectivity index (χ0v) is 17.1. The molecular weight excluding hydrogens is 338 g/mol. The molecule has 2 fully saturated rings. The van der Waals surface area contributed by atoms with Gasteiger partial charge < -0.3 is 9.64 Å². The molecule has 3 rings (SSSR count). The van der Waals surface area contributed by atoms with Gasteiger partial charge >= 0.3 is 0 Å². The molecule has 0 saturated carbocycles. The molecule has 0 bridgehead atoms. The highest BCUT2D eigenvalue weighted by Crippen LogP contribution is 2.26. The number of carbonyl (C=O) groups is 1. The van der Waals surface area contributed by atoms with Gasteiger partial charge in [0.1, 0.15) is 0 Å². The van der Waals surface area contributed by atoms with Crippen molar-refractivity contribution in [3.05, 3.63) is 30.1 Å². The first-order valence-electron chi connectivity index (χ1n) is 10.7. The summed E-state index contributed by atoms with van der Waals surface area (Å²) in [6, 6.07) is 4.19. The maximum atomic E-state index is 12.7. The van der Waals surface area contributed by atoms with Crippen LogP contribution in [-0.2, 0) is 4.74 Å². The number of ether oxygens (including phenoxy) is 1. The summed E-state index contributed by atoms with van der Waals surface area (Å²) in [5, 5.41) is 0. The summed E-state index contributed by atoms with van der Waals surface area (Å²) in [5.41, 5.74) is 0.745. The lowest BCUT2D eigenvalue weighted by atomic mass is 9.96. The largest absolute Gasteiger partial charge is 0.372 e. The Labute approximate surface area is 164 Å². The summed E-state index contributed by atoms with van der Waals surface area (Å²) >= 11 is 0. The van der Waals surface area contributed by atoms with Gasteiger partial charge in [0, 0.05) is 50.2 Å². The van der Waals surface area contributed by atoms with Crippen LogP contribution in [0.1, 0.15) is 63.2 Å². The topological polar surface area (TPSA) is 45.7 Å². The molecule has 0 spiro atoms. The fourth-order valence-electron chi connectivity index (χ4n) is 4.27. The lowest BCUT2D eigenvalue weighted by molar-refractivity contribution is -0.119. The van der Waals surface area contributed by atoms with Gasteiger partial charge in [-0.25, -0.2) is 0 Å². The molecule has 5 heteroatoms. The first kappa shape index (κ1) is 20.3. The number of piperidine rings is 1. The van der Waals surface area contributed by atoms with E-state index in [4.69, 9.17) is 4.74 Å². The monoisotopic (exact) mass is 373 g/mol. The summed E-state index contributed by atoms with van der Waals surface area (Å²) in [6.45, 7) is 10.5. The average molecular weight is 374 g/mol. The highest BCUT2D eigenvalue weighted by Gasteiger charge is 2.35. The zero-order valence-electron chi connectivity index (χ0n) is 17.1. The highest BCUT2D eigenvalue weighted by atomic mass is 16.5. The molecule has 0 aromatic carbocycles. The Balaban J connectivity index is 1.56. The van der Waals surface area contributed by atoms with Gasteiger partial charge in [-0.2, -0.15) is 0 Å². The van der Waals surface area contributed by atoms with Crippen LogP contribution in [0, 0.1) is 5.92 Å². The van der Waals surface area contributed by atoms with Crippen LogP contribution in [0.4, 0.5) is 0 Å². The first-order valence-corrected chi connectivity index (χ1v) is 10.7. The number of amides is 1. The molecule has 3 heterocycles. The highest BCUT2D eigenvalue weighted by molar-refractivity contribution is 5.94. The second-order valence-electron chi connectivity index (χ2n) is 8.40. The van der Waals surface area contributed by atoms with E-state index in [9.17, 15) is 4.79 Å². The lowest BCUT2D eigenvalue weighted by Gasteiger charge is -2.46. The van der Waals surface area contributed by atoms with Crippen molar-refractivity contribution >= 4 is 5.91 Å². The number of carbonyl (C=O) groups excluding carboxylic acids is 1. The lowest BCUT2D eigenvalue weighted by Crippen LogP contribution is -2.55. The normalized spacial score (nSPS) is 25.1. The molecule has 5 nitrogen and oxygen atoms in total.